The van der Waals surface area contributed by atoms with Gasteiger partial charge in [0.25, 0.3) is 5.91 Å². The van der Waals surface area contributed by atoms with E-state index in [0.717, 1.165) is 23.2 Å². The molecule has 4 nitrogen and oxygen atoms in total. The molecule has 0 unspecified atom stereocenters. The van der Waals surface area contributed by atoms with Crippen molar-refractivity contribution in [1.82, 2.24) is 4.90 Å². The SMILES string of the molecule is Cc1ccc(C)c(NC(=O)[C@H]2CCCN2C(=O)c2ccc(F)cc2)c1. The van der Waals surface area contributed by atoms with E-state index in [1.807, 2.05) is 32.0 Å². The molecule has 0 aliphatic carbocycles. The minimum absolute atomic E-state index is 0.179. The zero-order valence-corrected chi connectivity index (χ0v) is 14.4. The number of benzene rings is 2. The zero-order chi connectivity index (χ0) is 18.0. The van der Waals surface area contributed by atoms with Crippen LogP contribution in [0.25, 0.3) is 0 Å². The first-order valence-corrected chi connectivity index (χ1v) is 8.40. The van der Waals surface area contributed by atoms with Gasteiger partial charge in [-0.15, -0.1) is 0 Å². The third kappa shape index (κ3) is 3.71. The van der Waals surface area contributed by atoms with E-state index in [-0.39, 0.29) is 17.6 Å². The molecule has 0 aromatic heterocycles. The first-order valence-electron chi connectivity index (χ1n) is 8.40. The molecule has 0 bridgehead atoms. The van der Waals surface area contributed by atoms with Crippen LogP contribution in [0.1, 0.15) is 34.3 Å². The first-order chi connectivity index (χ1) is 12.0. The van der Waals surface area contributed by atoms with E-state index in [1.54, 1.807) is 4.90 Å². The Balaban J connectivity index is 1.76. The molecule has 1 atom stereocenters. The molecular formula is C20H21FN2O2. The summed E-state index contributed by atoms with van der Waals surface area (Å²) in [6.45, 7) is 4.43. The molecule has 130 valence electrons. The van der Waals surface area contributed by atoms with Crippen LogP contribution in [0.15, 0.2) is 42.5 Å². The first kappa shape index (κ1) is 17.1. The fraction of sp³-hybridized carbons (Fsp3) is 0.300. The van der Waals surface area contributed by atoms with E-state index in [9.17, 15) is 14.0 Å². The van der Waals surface area contributed by atoms with Crippen LogP contribution in [0.3, 0.4) is 0 Å². The molecule has 0 saturated carbocycles. The summed E-state index contributed by atoms with van der Waals surface area (Å²) in [7, 11) is 0. The molecule has 1 heterocycles. The van der Waals surface area contributed by atoms with Crippen LogP contribution >= 0.6 is 0 Å². The molecule has 3 rings (SSSR count). The average Bonchev–Trinajstić information content (AvgIpc) is 3.08. The van der Waals surface area contributed by atoms with Crippen LogP contribution in [-0.2, 0) is 4.79 Å². The number of hydrogen-bond donors (Lipinski definition) is 1. The van der Waals surface area contributed by atoms with Crippen molar-refractivity contribution in [3.63, 3.8) is 0 Å². The lowest BCUT2D eigenvalue weighted by Crippen LogP contribution is -2.43. The Morgan fingerprint density at radius 2 is 1.84 bits per heavy atom. The summed E-state index contributed by atoms with van der Waals surface area (Å²) in [5, 5.41) is 2.95. The zero-order valence-electron chi connectivity index (χ0n) is 14.4. The van der Waals surface area contributed by atoms with Crippen molar-refractivity contribution >= 4 is 17.5 Å². The highest BCUT2D eigenvalue weighted by atomic mass is 19.1. The standard InChI is InChI=1S/C20H21FN2O2/c1-13-5-6-14(2)17(12-13)22-19(24)18-4-3-11-23(18)20(25)15-7-9-16(21)10-8-15/h5-10,12,18H,3-4,11H2,1-2H3,(H,22,24)/t18-/m1/s1. The molecule has 1 aliphatic rings. The number of nitrogens with one attached hydrogen (secondary N) is 1. The highest BCUT2D eigenvalue weighted by Gasteiger charge is 2.34. The smallest absolute Gasteiger partial charge is 0.254 e. The topological polar surface area (TPSA) is 49.4 Å². The van der Waals surface area contributed by atoms with E-state index in [1.165, 1.54) is 24.3 Å². The van der Waals surface area contributed by atoms with E-state index >= 15 is 0 Å². The van der Waals surface area contributed by atoms with Gasteiger partial charge in [0, 0.05) is 17.8 Å². The average molecular weight is 340 g/mol. The minimum atomic E-state index is -0.502. The van der Waals surface area contributed by atoms with Crippen molar-refractivity contribution in [2.45, 2.75) is 32.7 Å². The van der Waals surface area contributed by atoms with Crippen LogP contribution < -0.4 is 5.32 Å². The molecule has 0 radical (unpaired) electrons. The molecule has 2 amide bonds. The van der Waals surface area contributed by atoms with Crippen molar-refractivity contribution < 1.29 is 14.0 Å². The fourth-order valence-corrected chi connectivity index (χ4v) is 3.13. The fourth-order valence-electron chi connectivity index (χ4n) is 3.13. The maximum Gasteiger partial charge on any atom is 0.254 e. The second-order valence-electron chi connectivity index (χ2n) is 6.47. The molecule has 5 heteroatoms. The van der Waals surface area contributed by atoms with E-state index in [2.05, 4.69) is 5.32 Å². The van der Waals surface area contributed by atoms with Gasteiger partial charge in [-0.25, -0.2) is 4.39 Å². The van der Waals surface area contributed by atoms with Crippen LogP contribution in [-0.4, -0.2) is 29.3 Å². The van der Waals surface area contributed by atoms with Crippen molar-refractivity contribution in [3.05, 3.63) is 65.0 Å². The summed E-state index contributed by atoms with van der Waals surface area (Å²) in [4.78, 5) is 27.0. The van der Waals surface area contributed by atoms with Crippen LogP contribution in [0, 0.1) is 19.7 Å². The Morgan fingerprint density at radius 3 is 2.56 bits per heavy atom. The molecule has 2 aromatic carbocycles. The molecule has 2 aromatic rings. The predicted octanol–water partition coefficient (Wildman–Crippen LogP) is 3.69. The van der Waals surface area contributed by atoms with Gasteiger partial charge in [0.1, 0.15) is 11.9 Å². The third-order valence-corrected chi connectivity index (χ3v) is 4.56. The number of aryl methyl sites for hydroxylation is 2. The van der Waals surface area contributed by atoms with Gasteiger partial charge in [0.15, 0.2) is 0 Å². The molecule has 0 spiro atoms. The Morgan fingerprint density at radius 1 is 1.12 bits per heavy atom. The molecular weight excluding hydrogens is 319 g/mol. The monoisotopic (exact) mass is 340 g/mol. The van der Waals surface area contributed by atoms with Crippen LogP contribution in [0.2, 0.25) is 0 Å². The Kier molecular flexibility index (Phi) is 4.83. The lowest BCUT2D eigenvalue weighted by molar-refractivity contribution is -0.119. The van der Waals surface area contributed by atoms with E-state index in [4.69, 9.17) is 0 Å². The van der Waals surface area contributed by atoms with Crippen molar-refractivity contribution in [1.29, 1.82) is 0 Å². The van der Waals surface area contributed by atoms with Gasteiger partial charge in [-0.1, -0.05) is 12.1 Å². The number of halogens is 1. The molecule has 25 heavy (non-hydrogen) atoms. The maximum absolute atomic E-state index is 13.1. The number of amides is 2. The van der Waals surface area contributed by atoms with Gasteiger partial charge in [-0.2, -0.15) is 0 Å². The van der Waals surface area contributed by atoms with Crippen molar-refractivity contribution in [3.8, 4) is 0 Å². The highest BCUT2D eigenvalue weighted by molar-refractivity contribution is 6.01. The molecule has 1 N–H and O–H groups in total. The normalized spacial score (nSPS) is 16.8. The minimum Gasteiger partial charge on any atom is -0.327 e. The van der Waals surface area contributed by atoms with Crippen LogP contribution in [0.4, 0.5) is 10.1 Å². The number of carbonyl (C=O) groups excluding carboxylic acids is 2. The van der Waals surface area contributed by atoms with Gasteiger partial charge >= 0.3 is 0 Å². The van der Waals surface area contributed by atoms with E-state index < -0.39 is 6.04 Å². The number of anilines is 1. The molecule has 1 fully saturated rings. The Hall–Kier alpha value is -2.69. The molecule has 1 saturated heterocycles. The van der Waals surface area contributed by atoms with Gasteiger partial charge in [-0.05, 0) is 68.1 Å². The van der Waals surface area contributed by atoms with Crippen molar-refractivity contribution in [2.24, 2.45) is 0 Å². The lowest BCUT2D eigenvalue weighted by Gasteiger charge is -2.24. The number of hydrogen-bond acceptors (Lipinski definition) is 2. The second-order valence-corrected chi connectivity index (χ2v) is 6.47. The quantitative estimate of drug-likeness (QED) is 0.926. The number of nitrogens with zero attached hydrogens (tertiary/aromatic N) is 1. The second kappa shape index (κ2) is 7.05. The van der Waals surface area contributed by atoms with Gasteiger partial charge < -0.3 is 10.2 Å². The van der Waals surface area contributed by atoms with Crippen LogP contribution in [0.5, 0.6) is 0 Å². The van der Waals surface area contributed by atoms with Gasteiger partial charge in [0.05, 0.1) is 0 Å². The summed E-state index contributed by atoms with van der Waals surface area (Å²) in [5.74, 6) is -0.803. The Labute approximate surface area is 146 Å². The number of carbonyl (C=O) groups is 2. The largest absolute Gasteiger partial charge is 0.327 e. The van der Waals surface area contributed by atoms with E-state index in [0.29, 0.717) is 18.5 Å². The predicted molar refractivity (Wildman–Crippen MR) is 95.0 cm³/mol. The summed E-state index contributed by atoms with van der Waals surface area (Å²) in [6, 6.07) is 10.8. The summed E-state index contributed by atoms with van der Waals surface area (Å²) >= 11 is 0. The number of likely N-dealkylation sites (tertiary alicyclic amines) is 1. The third-order valence-electron chi connectivity index (χ3n) is 4.56. The maximum atomic E-state index is 13.1. The highest BCUT2D eigenvalue weighted by Crippen LogP contribution is 2.23. The van der Waals surface area contributed by atoms with Gasteiger partial charge in [-0.3, -0.25) is 9.59 Å². The number of rotatable bonds is 3. The Bertz CT molecular complexity index is 802. The van der Waals surface area contributed by atoms with Crippen molar-refractivity contribution in [2.75, 3.05) is 11.9 Å². The summed E-state index contributed by atoms with van der Waals surface area (Å²) in [5.41, 5.74) is 3.21. The van der Waals surface area contributed by atoms with Gasteiger partial charge in [0.2, 0.25) is 5.91 Å². The lowest BCUT2D eigenvalue weighted by atomic mass is 10.1. The molecule has 1 aliphatic heterocycles. The summed E-state index contributed by atoms with van der Waals surface area (Å²) < 4.78 is 13.1. The summed E-state index contributed by atoms with van der Waals surface area (Å²) in [6.07, 6.45) is 1.40.